The predicted octanol–water partition coefficient (Wildman–Crippen LogP) is 2.95. The molecule has 1 aromatic carbocycles. The molecule has 4 heteroatoms. The summed E-state index contributed by atoms with van der Waals surface area (Å²) in [6, 6.07) is 8.75. The average Bonchev–Trinajstić information content (AvgIpc) is 2.45. The van der Waals surface area contributed by atoms with Gasteiger partial charge < -0.3 is 10.1 Å². The van der Waals surface area contributed by atoms with E-state index in [0.717, 1.165) is 37.5 Å². The van der Waals surface area contributed by atoms with Crippen molar-refractivity contribution in [2.24, 2.45) is 0 Å². The monoisotopic (exact) mass is 282 g/mol. The van der Waals surface area contributed by atoms with Crippen LogP contribution >= 0.6 is 11.6 Å². The highest BCUT2D eigenvalue weighted by Gasteiger charge is 2.21. The first-order valence-electron chi connectivity index (χ1n) is 6.94. The summed E-state index contributed by atoms with van der Waals surface area (Å²) in [6.07, 6.45) is 0.250. The van der Waals surface area contributed by atoms with E-state index in [1.54, 1.807) is 0 Å². The van der Waals surface area contributed by atoms with E-state index >= 15 is 0 Å². The van der Waals surface area contributed by atoms with Gasteiger partial charge in [0.15, 0.2) is 0 Å². The van der Waals surface area contributed by atoms with Crippen LogP contribution in [0.25, 0.3) is 0 Å². The Kier molecular flexibility index (Phi) is 5.49. The van der Waals surface area contributed by atoms with Crippen LogP contribution < -0.4 is 5.32 Å². The average molecular weight is 283 g/mol. The summed E-state index contributed by atoms with van der Waals surface area (Å²) in [5, 5.41) is 3.46. The number of hydrogen-bond donors (Lipinski definition) is 1. The minimum Gasteiger partial charge on any atom is -0.382 e. The van der Waals surface area contributed by atoms with Crippen LogP contribution in [0.5, 0.6) is 0 Å². The molecule has 1 atom stereocenters. The third-order valence-corrected chi connectivity index (χ3v) is 3.87. The molecule has 0 saturated carbocycles. The number of nitrogens with one attached hydrogen (secondary N) is 1. The number of anilines is 1. The Morgan fingerprint density at radius 1 is 1.42 bits per heavy atom. The zero-order valence-electron chi connectivity index (χ0n) is 11.7. The number of hydrogen-bond acceptors (Lipinski definition) is 3. The SMILES string of the molecule is CC(C)N1CCOC(CNc2ccccc2CCl)C1. The van der Waals surface area contributed by atoms with Crippen LogP contribution in [0, 0.1) is 0 Å². The number of halogens is 1. The summed E-state index contributed by atoms with van der Waals surface area (Å²) in [5.74, 6) is 0.535. The van der Waals surface area contributed by atoms with Crippen molar-refractivity contribution in [1.82, 2.24) is 4.90 Å². The highest BCUT2D eigenvalue weighted by atomic mass is 35.5. The molecule has 1 heterocycles. The van der Waals surface area contributed by atoms with E-state index < -0.39 is 0 Å². The maximum Gasteiger partial charge on any atom is 0.0874 e. The molecule has 2 rings (SSSR count). The van der Waals surface area contributed by atoms with Crippen LogP contribution in [0.1, 0.15) is 19.4 Å². The molecule has 1 unspecified atom stereocenters. The molecule has 106 valence electrons. The van der Waals surface area contributed by atoms with Gasteiger partial charge in [-0.25, -0.2) is 0 Å². The number of para-hydroxylation sites is 1. The van der Waals surface area contributed by atoms with Crippen molar-refractivity contribution >= 4 is 17.3 Å². The molecule has 0 bridgehead atoms. The molecule has 1 saturated heterocycles. The predicted molar refractivity (Wildman–Crippen MR) is 80.9 cm³/mol. The van der Waals surface area contributed by atoms with Gasteiger partial charge in [-0.15, -0.1) is 11.6 Å². The largest absolute Gasteiger partial charge is 0.382 e. The number of alkyl halides is 1. The highest BCUT2D eigenvalue weighted by molar-refractivity contribution is 6.17. The fourth-order valence-electron chi connectivity index (χ4n) is 2.37. The number of rotatable bonds is 5. The zero-order chi connectivity index (χ0) is 13.7. The molecule has 19 heavy (non-hydrogen) atoms. The summed E-state index contributed by atoms with van der Waals surface area (Å²) < 4.78 is 5.82. The summed E-state index contributed by atoms with van der Waals surface area (Å²) >= 11 is 5.94. The fraction of sp³-hybridized carbons (Fsp3) is 0.600. The Hall–Kier alpha value is -0.770. The smallest absolute Gasteiger partial charge is 0.0874 e. The molecule has 1 aromatic rings. The van der Waals surface area contributed by atoms with Gasteiger partial charge in [0.05, 0.1) is 12.7 Å². The molecule has 0 aliphatic carbocycles. The van der Waals surface area contributed by atoms with Gasteiger partial charge in [0, 0.05) is 37.2 Å². The van der Waals surface area contributed by atoms with Crippen molar-refractivity contribution in [3.8, 4) is 0 Å². The van der Waals surface area contributed by atoms with Crippen LogP contribution in [-0.4, -0.2) is 43.3 Å². The van der Waals surface area contributed by atoms with Gasteiger partial charge in [-0.1, -0.05) is 18.2 Å². The number of ether oxygens (including phenoxy) is 1. The van der Waals surface area contributed by atoms with Gasteiger partial charge in [-0.05, 0) is 25.5 Å². The Labute approximate surface area is 120 Å². The van der Waals surface area contributed by atoms with Crippen LogP contribution in [0.3, 0.4) is 0 Å². The second-order valence-corrected chi connectivity index (χ2v) is 5.52. The van der Waals surface area contributed by atoms with Gasteiger partial charge in [-0.3, -0.25) is 4.90 Å². The third kappa shape index (κ3) is 4.10. The van der Waals surface area contributed by atoms with Crippen molar-refractivity contribution in [2.75, 3.05) is 31.6 Å². The summed E-state index contributed by atoms with van der Waals surface area (Å²) in [5.41, 5.74) is 2.25. The quantitative estimate of drug-likeness (QED) is 0.841. The zero-order valence-corrected chi connectivity index (χ0v) is 12.5. The van der Waals surface area contributed by atoms with E-state index in [-0.39, 0.29) is 6.10 Å². The standard InChI is InChI=1S/C15H23ClN2O/c1-12(2)18-7-8-19-14(11-18)10-17-15-6-4-3-5-13(15)9-16/h3-6,12,14,17H,7-11H2,1-2H3. The van der Waals surface area contributed by atoms with Crippen LogP contribution in [-0.2, 0) is 10.6 Å². The maximum absolute atomic E-state index is 5.94. The van der Waals surface area contributed by atoms with Gasteiger partial charge in [0.1, 0.15) is 0 Å². The van der Waals surface area contributed by atoms with Crippen molar-refractivity contribution in [3.63, 3.8) is 0 Å². The molecular formula is C15H23ClN2O. The lowest BCUT2D eigenvalue weighted by atomic mass is 10.2. The second kappa shape index (κ2) is 7.13. The van der Waals surface area contributed by atoms with Crippen molar-refractivity contribution < 1.29 is 4.74 Å². The van der Waals surface area contributed by atoms with Crippen LogP contribution in [0.15, 0.2) is 24.3 Å². The third-order valence-electron chi connectivity index (χ3n) is 3.58. The Balaban J connectivity index is 1.88. The summed E-state index contributed by atoms with van der Waals surface area (Å²) in [4.78, 5) is 2.46. The van der Waals surface area contributed by atoms with E-state index in [9.17, 15) is 0 Å². The van der Waals surface area contributed by atoms with Crippen molar-refractivity contribution in [3.05, 3.63) is 29.8 Å². The van der Waals surface area contributed by atoms with E-state index in [1.807, 2.05) is 12.1 Å². The molecule has 1 fully saturated rings. The van der Waals surface area contributed by atoms with Gasteiger partial charge in [0.25, 0.3) is 0 Å². The molecule has 1 aliphatic heterocycles. The van der Waals surface area contributed by atoms with Crippen LogP contribution in [0.4, 0.5) is 5.69 Å². The minimum absolute atomic E-state index is 0.250. The summed E-state index contributed by atoms with van der Waals surface area (Å²) in [7, 11) is 0. The van der Waals surface area contributed by atoms with Crippen LogP contribution in [0.2, 0.25) is 0 Å². The molecule has 1 aliphatic rings. The fourth-order valence-corrected chi connectivity index (χ4v) is 2.60. The lowest BCUT2D eigenvalue weighted by Crippen LogP contribution is -2.48. The Morgan fingerprint density at radius 2 is 2.21 bits per heavy atom. The van der Waals surface area contributed by atoms with Gasteiger partial charge >= 0.3 is 0 Å². The molecule has 1 N–H and O–H groups in total. The number of morpholine rings is 1. The Bertz CT molecular complexity index is 397. The van der Waals surface area contributed by atoms with Crippen molar-refractivity contribution in [2.45, 2.75) is 31.9 Å². The topological polar surface area (TPSA) is 24.5 Å². The molecule has 0 radical (unpaired) electrons. The lowest BCUT2D eigenvalue weighted by Gasteiger charge is -2.35. The van der Waals surface area contributed by atoms with Crippen molar-refractivity contribution in [1.29, 1.82) is 0 Å². The van der Waals surface area contributed by atoms with E-state index in [1.165, 1.54) is 0 Å². The van der Waals surface area contributed by atoms with E-state index in [2.05, 4.69) is 36.2 Å². The van der Waals surface area contributed by atoms with Gasteiger partial charge in [0.2, 0.25) is 0 Å². The molecular weight excluding hydrogens is 260 g/mol. The first-order valence-corrected chi connectivity index (χ1v) is 7.47. The molecule has 0 aromatic heterocycles. The highest BCUT2D eigenvalue weighted by Crippen LogP contribution is 2.18. The van der Waals surface area contributed by atoms with E-state index in [0.29, 0.717) is 11.9 Å². The maximum atomic E-state index is 5.94. The number of nitrogens with zero attached hydrogens (tertiary/aromatic N) is 1. The van der Waals surface area contributed by atoms with E-state index in [4.69, 9.17) is 16.3 Å². The number of benzene rings is 1. The molecule has 3 nitrogen and oxygen atoms in total. The summed E-state index contributed by atoms with van der Waals surface area (Å²) in [6.45, 7) is 8.15. The minimum atomic E-state index is 0.250. The Morgan fingerprint density at radius 3 is 2.95 bits per heavy atom. The van der Waals surface area contributed by atoms with Gasteiger partial charge in [-0.2, -0.15) is 0 Å². The second-order valence-electron chi connectivity index (χ2n) is 5.25. The first kappa shape index (κ1) is 14.6. The molecule has 0 amide bonds. The lowest BCUT2D eigenvalue weighted by molar-refractivity contribution is -0.0315. The first-order chi connectivity index (χ1) is 9.20. The normalized spacial score (nSPS) is 20.7. The molecule has 0 spiro atoms.